The van der Waals surface area contributed by atoms with Crippen LogP contribution in [0.3, 0.4) is 0 Å². The molecule has 112 valence electrons. The van der Waals surface area contributed by atoms with Crippen LogP contribution in [0.25, 0.3) is 0 Å². The van der Waals surface area contributed by atoms with Gasteiger partial charge in [0.05, 0.1) is 0 Å². The van der Waals surface area contributed by atoms with E-state index >= 15 is 0 Å². The summed E-state index contributed by atoms with van der Waals surface area (Å²) in [6.07, 6.45) is 1.70. The second kappa shape index (κ2) is 6.97. The molecule has 6 heteroatoms. The van der Waals surface area contributed by atoms with Crippen molar-refractivity contribution in [1.29, 1.82) is 0 Å². The number of aromatic nitrogens is 2. The third kappa shape index (κ3) is 4.11. The number of hydrogen-bond acceptors (Lipinski definition) is 4. The van der Waals surface area contributed by atoms with Crippen LogP contribution >= 0.6 is 0 Å². The number of halogens is 2. The summed E-state index contributed by atoms with van der Waals surface area (Å²) in [6.45, 7) is 2.21. The van der Waals surface area contributed by atoms with Crippen LogP contribution in [0.5, 0.6) is 0 Å². The van der Waals surface area contributed by atoms with Crippen molar-refractivity contribution in [3.8, 4) is 0 Å². The van der Waals surface area contributed by atoms with Gasteiger partial charge in [-0.25, -0.2) is 18.7 Å². The topological polar surface area (TPSA) is 49.8 Å². The normalized spacial score (nSPS) is 10.5. The molecule has 0 saturated heterocycles. The van der Waals surface area contributed by atoms with Crippen molar-refractivity contribution in [2.24, 2.45) is 0 Å². The Morgan fingerprint density at radius 1 is 1.10 bits per heavy atom. The smallest absolute Gasteiger partial charge is 0.133 e. The van der Waals surface area contributed by atoms with E-state index < -0.39 is 11.6 Å². The minimum Gasteiger partial charge on any atom is -0.373 e. The maximum absolute atomic E-state index is 13.6. The van der Waals surface area contributed by atoms with Gasteiger partial charge >= 0.3 is 0 Å². The molecule has 2 rings (SSSR count). The zero-order valence-electron chi connectivity index (χ0n) is 12.1. The number of nitrogens with zero attached hydrogens (tertiary/aromatic N) is 2. The molecule has 0 unspecified atom stereocenters. The maximum atomic E-state index is 13.6. The van der Waals surface area contributed by atoms with Gasteiger partial charge in [0.25, 0.3) is 0 Å². The van der Waals surface area contributed by atoms with E-state index in [1.807, 2.05) is 6.92 Å². The van der Waals surface area contributed by atoms with Crippen LogP contribution in [0.4, 0.5) is 20.4 Å². The molecule has 0 spiro atoms. The molecule has 21 heavy (non-hydrogen) atoms. The summed E-state index contributed by atoms with van der Waals surface area (Å²) in [5.74, 6) is 1.09. The van der Waals surface area contributed by atoms with E-state index in [0.717, 1.165) is 25.0 Å². The van der Waals surface area contributed by atoms with Crippen molar-refractivity contribution < 1.29 is 8.78 Å². The monoisotopic (exact) mass is 292 g/mol. The molecule has 0 aliphatic carbocycles. The molecular weight excluding hydrogens is 274 g/mol. The van der Waals surface area contributed by atoms with Crippen LogP contribution in [0.2, 0.25) is 0 Å². The highest BCUT2D eigenvalue weighted by atomic mass is 19.1. The Balaban J connectivity index is 2.15. The molecule has 0 aliphatic rings. The Bertz CT molecular complexity index is 617. The van der Waals surface area contributed by atoms with Gasteiger partial charge in [0.1, 0.15) is 29.1 Å². The molecule has 0 bridgehead atoms. The van der Waals surface area contributed by atoms with Crippen molar-refractivity contribution in [2.75, 3.05) is 17.7 Å². The number of hydrogen-bond donors (Lipinski definition) is 2. The summed E-state index contributed by atoms with van der Waals surface area (Å²) in [5, 5.41) is 5.96. The minimum absolute atomic E-state index is 0.162. The van der Waals surface area contributed by atoms with Crippen molar-refractivity contribution in [2.45, 2.75) is 26.3 Å². The van der Waals surface area contributed by atoms with Gasteiger partial charge < -0.3 is 10.6 Å². The summed E-state index contributed by atoms with van der Waals surface area (Å²) in [7, 11) is 1.77. The Labute approximate surface area is 122 Å². The fraction of sp³-hybridized carbons (Fsp3) is 0.333. The first-order chi connectivity index (χ1) is 10.1. The Kier molecular flexibility index (Phi) is 5.03. The molecule has 0 fully saturated rings. The average molecular weight is 292 g/mol. The predicted octanol–water partition coefficient (Wildman–Crippen LogP) is 3.36. The fourth-order valence-corrected chi connectivity index (χ4v) is 1.92. The van der Waals surface area contributed by atoms with E-state index in [-0.39, 0.29) is 12.1 Å². The first kappa shape index (κ1) is 15.2. The molecule has 2 aromatic rings. The first-order valence-corrected chi connectivity index (χ1v) is 6.86. The quantitative estimate of drug-likeness (QED) is 0.857. The largest absolute Gasteiger partial charge is 0.373 e. The lowest BCUT2D eigenvalue weighted by Gasteiger charge is -2.10. The number of rotatable bonds is 6. The van der Waals surface area contributed by atoms with Crippen LogP contribution in [-0.2, 0) is 13.0 Å². The number of benzene rings is 1. The Morgan fingerprint density at radius 2 is 1.86 bits per heavy atom. The Hall–Kier alpha value is -2.24. The van der Waals surface area contributed by atoms with Crippen molar-refractivity contribution in [3.05, 3.63) is 47.3 Å². The lowest BCUT2D eigenvalue weighted by Crippen LogP contribution is -2.08. The number of nitrogens with one attached hydrogen (secondary N) is 2. The average Bonchev–Trinajstić information content (AvgIpc) is 2.48. The van der Waals surface area contributed by atoms with Crippen LogP contribution in [0, 0.1) is 11.6 Å². The molecule has 0 radical (unpaired) electrons. The van der Waals surface area contributed by atoms with Crippen molar-refractivity contribution in [1.82, 2.24) is 9.97 Å². The van der Waals surface area contributed by atoms with Gasteiger partial charge in [0.2, 0.25) is 0 Å². The van der Waals surface area contributed by atoms with E-state index in [4.69, 9.17) is 0 Å². The summed E-state index contributed by atoms with van der Waals surface area (Å²) in [5.41, 5.74) is 0.261. The van der Waals surface area contributed by atoms with Crippen molar-refractivity contribution in [3.63, 3.8) is 0 Å². The molecule has 1 aromatic heterocycles. The molecule has 0 aliphatic heterocycles. The SMILES string of the molecule is CCCc1nc(NC)cc(NCc2cc(F)ccc2F)n1. The molecule has 0 saturated carbocycles. The van der Waals surface area contributed by atoms with Gasteiger partial charge in [0, 0.05) is 31.6 Å². The third-order valence-corrected chi connectivity index (χ3v) is 2.97. The summed E-state index contributed by atoms with van der Waals surface area (Å²) in [4.78, 5) is 8.69. The second-order valence-corrected chi connectivity index (χ2v) is 4.64. The van der Waals surface area contributed by atoms with Crippen LogP contribution < -0.4 is 10.6 Å². The predicted molar refractivity (Wildman–Crippen MR) is 79.3 cm³/mol. The second-order valence-electron chi connectivity index (χ2n) is 4.64. The third-order valence-electron chi connectivity index (χ3n) is 2.97. The maximum Gasteiger partial charge on any atom is 0.133 e. The van der Waals surface area contributed by atoms with E-state index in [0.29, 0.717) is 17.5 Å². The number of aryl methyl sites for hydroxylation is 1. The number of anilines is 2. The standard InChI is InChI=1S/C15H18F2N4/c1-3-4-13-20-14(18-2)8-15(21-13)19-9-10-7-11(16)5-6-12(10)17/h5-8H,3-4,9H2,1-2H3,(H2,18,19,20,21). The summed E-state index contributed by atoms with van der Waals surface area (Å²) < 4.78 is 26.7. The molecule has 0 amide bonds. The first-order valence-electron chi connectivity index (χ1n) is 6.86. The summed E-state index contributed by atoms with van der Waals surface area (Å²) >= 11 is 0. The van der Waals surface area contributed by atoms with Gasteiger partial charge in [-0.3, -0.25) is 0 Å². The van der Waals surface area contributed by atoms with E-state index in [9.17, 15) is 8.78 Å². The lowest BCUT2D eigenvalue weighted by atomic mass is 10.2. The van der Waals surface area contributed by atoms with Gasteiger partial charge in [-0.15, -0.1) is 0 Å². The highest BCUT2D eigenvalue weighted by Crippen LogP contribution is 2.15. The van der Waals surface area contributed by atoms with Crippen molar-refractivity contribution >= 4 is 11.6 Å². The summed E-state index contributed by atoms with van der Waals surface area (Å²) in [6, 6.07) is 5.13. The molecular formula is C15H18F2N4. The van der Waals surface area contributed by atoms with E-state index in [1.165, 1.54) is 6.07 Å². The zero-order valence-corrected chi connectivity index (χ0v) is 12.1. The Morgan fingerprint density at radius 3 is 2.57 bits per heavy atom. The van der Waals surface area contributed by atoms with E-state index in [2.05, 4.69) is 20.6 Å². The van der Waals surface area contributed by atoms with Gasteiger partial charge in [-0.1, -0.05) is 6.92 Å². The zero-order chi connectivity index (χ0) is 15.2. The van der Waals surface area contributed by atoms with E-state index in [1.54, 1.807) is 13.1 Å². The molecule has 0 atom stereocenters. The molecule has 2 N–H and O–H groups in total. The van der Waals surface area contributed by atoms with Gasteiger partial charge in [0.15, 0.2) is 0 Å². The molecule has 4 nitrogen and oxygen atoms in total. The van der Waals surface area contributed by atoms with Gasteiger partial charge in [-0.2, -0.15) is 0 Å². The highest BCUT2D eigenvalue weighted by Gasteiger charge is 2.06. The fourth-order valence-electron chi connectivity index (χ4n) is 1.92. The van der Waals surface area contributed by atoms with Crippen LogP contribution in [0.1, 0.15) is 24.7 Å². The van der Waals surface area contributed by atoms with Crippen LogP contribution in [0.15, 0.2) is 24.3 Å². The highest BCUT2D eigenvalue weighted by molar-refractivity contribution is 5.47. The van der Waals surface area contributed by atoms with Gasteiger partial charge in [-0.05, 0) is 24.6 Å². The van der Waals surface area contributed by atoms with Crippen LogP contribution in [-0.4, -0.2) is 17.0 Å². The molecule has 1 heterocycles. The lowest BCUT2D eigenvalue weighted by molar-refractivity contribution is 0.587. The minimum atomic E-state index is -0.460. The molecule has 1 aromatic carbocycles.